The Morgan fingerprint density at radius 1 is 1.16 bits per heavy atom. The Balaban J connectivity index is 1.40. The second kappa shape index (κ2) is 9.22. The van der Waals surface area contributed by atoms with E-state index < -0.39 is 0 Å². The number of hydrogen-bond acceptors (Lipinski definition) is 4. The van der Waals surface area contributed by atoms with Crippen LogP contribution in [0, 0.1) is 6.92 Å². The third kappa shape index (κ3) is 5.58. The van der Waals surface area contributed by atoms with Crippen molar-refractivity contribution in [3.8, 4) is 0 Å². The number of piperazine rings is 1. The third-order valence-corrected chi connectivity index (χ3v) is 5.66. The molecule has 2 fully saturated rings. The van der Waals surface area contributed by atoms with Gasteiger partial charge in [-0.2, -0.15) is 0 Å². The first kappa shape index (κ1) is 19.0. The van der Waals surface area contributed by atoms with E-state index in [1.165, 1.54) is 30.5 Å². The van der Waals surface area contributed by atoms with Crippen LogP contribution in [0.5, 0.6) is 0 Å². The van der Waals surface area contributed by atoms with Gasteiger partial charge < -0.3 is 14.7 Å². The number of aryl methyl sites for hydroxylation is 1. The Morgan fingerprint density at radius 3 is 2.60 bits per heavy atom. The molecular formula is C20H31ClN2O2. The zero-order valence-electron chi connectivity index (χ0n) is 15.3. The van der Waals surface area contributed by atoms with E-state index in [2.05, 4.69) is 28.9 Å². The van der Waals surface area contributed by atoms with Crippen LogP contribution in [0.3, 0.4) is 0 Å². The molecule has 1 aromatic carbocycles. The lowest BCUT2D eigenvalue weighted by Gasteiger charge is -2.37. The second-order valence-electron chi connectivity index (χ2n) is 7.47. The van der Waals surface area contributed by atoms with Gasteiger partial charge in [0.1, 0.15) is 0 Å². The van der Waals surface area contributed by atoms with Crippen LogP contribution >= 0.6 is 11.6 Å². The van der Waals surface area contributed by atoms with E-state index in [1.807, 2.05) is 6.07 Å². The van der Waals surface area contributed by atoms with Crippen molar-refractivity contribution < 1.29 is 9.84 Å². The van der Waals surface area contributed by atoms with Crippen molar-refractivity contribution in [3.63, 3.8) is 0 Å². The molecule has 3 rings (SSSR count). The molecule has 2 aliphatic rings. The van der Waals surface area contributed by atoms with Crippen LogP contribution in [0.25, 0.3) is 0 Å². The molecule has 1 aliphatic carbocycles. The minimum Gasteiger partial charge on any atom is -0.389 e. The molecule has 5 heteroatoms. The van der Waals surface area contributed by atoms with Crippen LogP contribution in [0.15, 0.2) is 18.2 Å². The summed E-state index contributed by atoms with van der Waals surface area (Å²) in [5.41, 5.74) is 2.49. The third-order valence-electron chi connectivity index (χ3n) is 5.43. The van der Waals surface area contributed by atoms with Crippen LogP contribution in [-0.4, -0.2) is 61.5 Å². The number of β-amino-alcohol motifs (C(OH)–C–C–N with tert-alkyl or cyclic N) is 1. The highest BCUT2D eigenvalue weighted by atomic mass is 35.5. The van der Waals surface area contributed by atoms with Gasteiger partial charge in [0.05, 0.1) is 18.8 Å². The minimum atomic E-state index is -0.388. The van der Waals surface area contributed by atoms with Gasteiger partial charge in [-0.3, -0.25) is 4.90 Å². The van der Waals surface area contributed by atoms with Crippen LogP contribution in [-0.2, 0) is 4.74 Å². The van der Waals surface area contributed by atoms with E-state index in [9.17, 15) is 5.11 Å². The van der Waals surface area contributed by atoms with E-state index in [4.69, 9.17) is 16.3 Å². The number of aliphatic hydroxyl groups excluding tert-OH is 1. The standard InChI is InChI=1S/C20H31ClN2O2/c1-16-7-8-17(21)13-20(16)23-11-9-22(10-12-23)14-18(24)15-25-19-5-3-2-4-6-19/h7-8,13,18-19,24H,2-6,9-12,14-15H2,1H3/t18-/m1/s1. The molecule has 0 bridgehead atoms. The molecule has 1 atom stereocenters. The minimum absolute atomic E-state index is 0.367. The number of anilines is 1. The van der Waals surface area contributed by atoms with Crippen LogP contribution in [0.1, 0.15) is 37.7 Å². The smallest absolute Gasteiger partial charge is 0.0900 e. The van der Waals surface area contributed by atoms with E-state index in [0.29, 0.717) is 19.3 Å². The van der Waals surface area contributed by atoms with E-state index in [-0.39, 0.29) is 6.10 Å². The lowest BCUT2D eigenvalue weighted by Crippen LogP contribution is -2.49. The lowest BCUT2D eigenvalue weighted by atomic mass is 9.98. The Kier molecular flexibility index (Phi) is 7.00. The number of hydrogen-bond donors (Lipinski definition) is 1. The molecule has 0 unspecified atom stereocenters. The van der Waals surface area contributed by atoms with Gasteiger partial charge in [0, 0.05) is 43.4 Å². The van der Waals surface area contributed by atoms with Crippen LogP contribution in [0.4, 0.5) is 5.69 Å². The average Bonchev–Trinajstić information content (AvgIpc) is 2.64. The summed E-state index contributed by atoms with van der Waals surface area (Å²) >= 11 is 6.15. The summed E-state index contributed by atoms with van der Waals surface area (Å²) in [6, 6.07) is 6.08. The number of halogens is 1. The molecule has 1 aromatic rings. The number of ether oxygens (including phenoxy) is 1. The van der Waals surface area contributed by atoms with Crippen molar-refractivity contribution in [2.24, 2.45) is 0 Å². The normalized spacial score (nSPS) is 21.5. The van der Waals surface area contributed by atoms with Gasteiger partial charge in [-0.05, 0) is 37.5 Å². The van der Waals surface area contributed by atoms with Gasteiger partial charge in [0.15, 0.2) is 0 Å². The number of nitrogens with zero attached hydrogens (tertiary/aromatic N) is 2. The maximum Gasteiger partial charge on any atom is 0.0900 e. The fraction of sp³-hybridized carbons (Fsp3) is 0.700. The monoisotopic (exact) mass is 366 g/mol. The van der Waals surface area contributed by atoms with Gasteiger partial charge in [0.25, 0.3) is 0 Å². The predicted octanol–water partition coefficient (Wildman–Crippen LogP) is 3.48. The van der Waals surface area contributed by atoms with Crippen molar-refractivity contribution in [2.75, 3.05) is 44.2 Å². The molecule has 4 nitrogen and oxygen atoms in total. The zero-order chi connectivity index (χ0) is 17.6. The molecule has 0 amide bonds. The Bertz CT molecular complexity index is 540. The van der Waals surface area contributed by atoms with Gasteiger partial charge >= 0.3 is 0 Å². The quantitative estimate of drug-likeness (QED) is 0.836. The predicted molar refractivity (Wildman–Crippen MR) is 104 cm³/mol. The van der Waals surface area contributed by atoms with Gasteiger partial charge in [0.2, 0.25) is 0 Å². The summed E-state index contributed by atoms with van der Waals surface area (Å²) in [4.78, 5) is 4.73. The van der Waals surface area contributed by atoms with Crippen LogP contribution < -0.4 is 4.90 Å². The second-order valence-corrected chi connectivity index (χ2v) is 7.90. The van der Waals surface area contributed by atoms with E-state index >= 15 is 0 Å². The molecule has 0 spiro atoms. The first-order valence-electron chi connectivity index (χ1n) is 9.65. The Hall–Kier alpha value is -0.810. The highest BCUT2D eigenvalue weighted by molar-refractivity contribution is 6.30. The van der Waals surface area contributed by atoms with E-state index in [1.54, 1.807) is 0 Å². The summed E-state index contributed by atoms with van der Waals surface area (Å²) in [6.45, 7) is 7.17. The fourth-order valence-electron chi connectivity index (χ4n) is 3.92. The molecule has 1 saturated carbocycles. The summed E-state index contributed by atoms with van der Waals surface area (Å²) in [5.74, 6) is 0. The van der Waals surface area contributed by atoms with Crippen molar-refractivity contribution in [1.29, 1.82) is 0 Å². The molecule has 1 aliphatic heterocycles. The van der Waals surface area contributed by atoms with Crippen molar-refractivity contribution in [1.82, 2.24) is 4.90 Å². The maximum atomic E-state index is 10.3. The van der Waals surface area contributed by atoms with Crippen molar-refractivity contribution in [2.45, 2.75) is 51.2 Å². The largest absolute Gasteiger partial charge is 0.389 e. The fourth-order valence-corrected chi connectivity index (χ4v) is 4.09. The summed E-state index contributed by atoms with van der Waals surface area (Å²) in [7, 11) is 0. The number of rotatable bonds is 6. The molecule has 25 heavy (non-hydrogen) atoms. The van der Waals surface area contributed by atoms with E-state index in [0.717, 1.165) is 44.0 Å². The maximum absolute atomic E-state index is 10.3. The zero-order valence-corrected chi connectivity index (χ0v) is 16.0. The molecule has 1 saturated heterocycles. The highest BCUT2D eigenvalue weighted by Gasteiger charge is 2.22. The van der Waals surface area contributed by atoms with Gasteiger partial charge in [-0.15, -0.1) is 0 Å². The number of aliphatic hydroxyl groups is 1. The first-order valence-corrected chi connectivity index (χ1v) is 10.0. The summed E-state index contributed by atoms with van der Waals surface area (Å²) in [5, 5.41) is 11.1. The SMILES string of the molecule is Cc1ccc(Cl)cc1N1CCN(C[C@@H](O)COC2CCCCC2)CC1. The Morgan fingerprint density at radius 2 is 1.88 bits per heavy atom. The average molecular weight is 367 g/mol. The summed E-state index contributed by atoms with van der Waals surface area (Å²) < 4.78 is 5.90. The molecule has 140 valence electrons. The highest BCUT2D eigenvalue weighted by Crippen LogP contribution is 2.25. The summed E-state index contributed by atoms with van der Waals surface area (Å²) in [6.07, 6.45) is 6.16. The lowest BCUT2D eigenvalue weighted by molar-refractivity contribution is -0.0336. The molecule has 0 radical (unpaired) electrons. The van der Waals surface area contributed by atoms with Crippen molar-refractivity contribution >= 4 is 17.3 Å². The molecule has 0 aromatic heterocycles. The molecule has 1 N–H and O–H groups in total. The molecular weight excluding hydrogens is 336 g/mol. The Labute approximate surface area is 156 Å². The van der Waals surface area contributed by atoms with Gasteiger partial charge in [-0.1, -0.05) is 36.9 Å². The van der Waals surface area contributed by atoms with Gasteiger partial charge in [-0.25, -0.2) is 0 Å². The van der Waals surface area contributed by atoms with Crippen LogP contribution in [0.2, 0.25) is 5.02 Å². The van der Waals surface area contributed by atoms with Crippen molar-refractivity contribution in [3.05, 3.63) is 28.8 Å². The molecule has 1 heterocycles. The first-order chi connectivity index (χ1) is 12.1. The topological polar surface area (TPSA) is 35.9 Å². The number of benzene rings is 1.